The maximum atomic E-state index is 15.1. The molecular weight excluding hydrogens is 645 g/mol. The van der Waals surface area contributed by atoms with Crippen LogP contribution < -0.4 is 24.5 Å². The summed E-state index contributed by atoms with van der Waals surface area (Å²) in [5, 5.41) is 11.6. The SMILES string of the molecule is COc1ccc([Si](C)(C)[C@@H]2[C@@H](CCO)O[C@]3(C(=O)N(C/C=C(\C)CCC=C(C)C)c4ccc(N5C(=O)COc6ccccc65)cc43)[C@H]2C)cc1. The molecule has 0 radical (unpaired) electrons. The number of rotatable bonds is 11. The molecule has 2 amide bonds. The Labute approximate surface area is 297 Å². The molecule has 3 aromatic carbocycles. The first-order valence-electron chi connectivity index (χ1n) is 17.7. The minimum atomic E-state index is -2.34. The highest BCUT2D eigenvalue weighted by atomic mass is 28.3. The number of hydrogen-bond donors (Lipinski definition) is 1. The Balaban J connectivity index is 1.47. The number of aliphatic hydroxyl groups is 1. The summed E-state index contributed by atoms with van der Waals surface area (Å²) in [7, 11) is -0.673. The van der Waals surface area contributed by atoms with Crippen molar-refractivity contribution in [1.29, 1.82) is 0 Å². The van der Waals surface area contributed by atoms with E-state index in [-0.39, 0.29) is 42.6 Å². The lowest BCUT2D eigenvalue weighted by Gasteiger charge is -2.37. The van der Waals surface area contributed by atoms with Crippen LogP contribution >= 0.6 is 0 Å². The van der Waals surface area contributed by atoms with Crippen molar-refractivity contribution in [3.63, 3.8) is 0 Å². The molecule has 0 aromatic heterocycles. The van der Waals surface area contributed by atoms with Gasteiger partial charge in [-0.1, -0.05) is 72.8 Å². The lowest BCUT2D eigenvalue weighted by atomic mass is 9.82. The van der Waals surface area contributed by atoms with Gasteiger partial charge in [0.1, 0.15) is 11.5 Å². The fourth-order valence-electron chi connectivity index (χ4n) is 8.34. The summed E-state index contributed by atoms with van der Waals surface area (Å²) in [6, 6.07) is 21.6. The summed E-state index contributed by atoms with van der Waals surface area (Å²) in [5.41, 5.74) is 4.12. The molecule has 3 aliphatic heterocycles. The van der Waals surface area contributed by atoms with Gasteiger partial charge in [-0.05, 0) is 88.0 Å². The van der Waals surface area contributed by atoms with Crippen molar-refractivity contribution in [2.24, 2.45) is 5.92 Å². The van der Waals surface area contributed by atoms with Crippen molar-refractivity contribution < 1.29 is 28.9 Å². The molecule has 3 aliphatic rings. The first kappa shape index (κ1) is 35.6. The molecule has 0 saturated carbocycles. The van der Waals surface area contributed by atoms with Gasteiger partial charge in [-0.25, -0.2) is 0 Å². The van der Waals surface area contributed by atoms with Gasteiger partial charge in [-0.3, -0.25) is 14.5 Å². The van der Waals surface area contributed by atoms with Crippen LogP contribution in [0.1, 0.15) is 52.5 Å². The van der Waals surface area contributed by atoms with E-state index >= 15 is 4.79 Å². The van der Waals surface area contributed by atoms with Crippen LogP contribution in [0.15, 0.2) is 90.0 Å². The Kier molecular flexibility index (Phi) is 10.1. The van der Waals surface area contributed by atoms with Crippen LogP contribution in [-0.2, 0) is 19.9 Å². The Morgan fingerprint density at radius 2 is 1.76 bits per heavy atom. The molecule has 50 heavy (non-hydrogen) atoms. The number of methoxy groups -OCH3 is 1. The number of benzene rings is 3. The second-order valence-electron chi connectivity index (χ2n) is 14.6. The lowest BCUT2D eigenvalue weighted by molar-refractivity contribution is -0.146. The van der Waals surface area contributed by atoms with Crippen molar-refractivity contribution in [1.82, 2.24) is 0 Å². The van der Waals surface area contributed by atoms with E-state index in [1.54, 1.807) is 12.0 Å². The Bertz CT molecular complexity index is 1810. The topological polar surface area (TPSA) is 88.5 Å². The van der Waals surface area contributed by atoms with Crippen LogP contribution in [0, 0.1) is 5.92 Å². The number of ether oxygens (including phenoxy) is 3. The second-order valence-corrected chi connectivity index (χ2v) is 19.3. The molecule has 264 valence electrons. The monoisotopic (exact) mass is 694 g/mol. The van der Waals surface area contributed by atoms with Gasteiger partial charge < -0.3 is 24.2 Å². The van der Waals surface area contributed by atoms with Crippen molar-refractivity contribution in [2.45, 2.75) is 77.3 Å². The summed E-state index contributed by atoms with van der Waals surface area (Å²) in [6.07, 6.45) is 6.33. The van der Waals surface area contributed by atoms with E-state index in [9.17, 15) is 9.90 Å². The largest absolute Gasteiger partial charge is 0.497 e. The number of amides is 2. The van der Waals surface area contributed by atoms with Crippen LogP contribution in [0.5, 0.6) is 11.5 Å². The summed E-state index contributed by atoms with van der Waals surface area (Å²) in [4.78, 5) is 32.1. The van der Waals surface area contributed by atoms with Crippen LogP contribution in [0.4, 0.5) is 17.1 Å². The summed E-state index contributed by atoms with van der Waals surface area (Å²) in [6.45, 7) is 13.4. The Hall–Kier alpha value is -4.18. The predicted octanol–water partition coefficient (Wildman–Crippen LogP) is 7.39. The summed E-state index contributed by atoms with van der Waals surface area (Å²) >= 11 is 0. The van der Waals surface area contributed by atoms with Crippen molar-refractivity contribution in [3.05, 3.63) is 95.6 Å². The van der Waals surface area contributed by atoms with E-state index in [2.05, 4.69) is 65.1 Å². The van der Waals surface area contributed by atoms with Crippen LogP contribution in [-0.4, -0.2) is 58.0 Å². The maximum absolute atomic E-state index is 15.1. The standard InChI is InChI=1S/C41H50N2O6Si/c1-27(2)11-10-12-28(3)21-23-42-34-20-15-30(43-35-13-8-9-14-36(35)48-26-38(43)45)25-33(34)41(40(42)46)29(4)39(37(49-41)22-24-44)50(6,7)32-18-16-31(47-5)17-19-32/h8-9,11,13-21,25,29,37,39,44H,10,12,22-24,26H2,1-7H3/b28-21+/t29-,37+,39-,41+/m0/s1. The number of anilines is 3. The molecule has 1 saturated heterocycles. The molecular formula is C41H50N2O6Si. The number of carbonyl (C=O) groups excluding carboxylic acids is 2. The maximum Gasteiger partial charge on any atom is 0.269 e. The number of para-hydroxylation sites is 2. The molecule has 4 atom stereocenters. The van der Waals surface area contributed by atoms with Crippen LogP contribution in [0.2, 0.25) is 18.6 Å². The van der Waals surface area contributed by atoms with E-state index in [1.807, 2.05) is 59.5 Å². The molecule has 1 spiro atoms. The van der Waals surface area contributed by atoms with Crippen LogP contribution in [0.25, 0.3) is 0 Å². The zero-order valence-corrected chi connectivity index (χ0v) is 31.4. The zero-order valence-electron chi connectivity index (χ0n) is 30.4. The van der Waals surface area contributed by atoms with E-state index in [0.717, 1.165) is 29.8 Å². The van der Waals surface area contributed by atoms with Gasteiger partial charge in [-0.15, -0.1) is 0 Å². The zero-order chi connectivity index (χ0) is 35.8. The van der Waals surface area contributed by atoms with Gasteiger partial charge in [0.25, 0.3) is 11.8 Å². The number of allylic oxidation sites excluding steroid dienone is 3. The molecule has 0 aliphatic carbocycles. The molecule has 9 heteroatoms. The van der Waals surface area contributed by atoms with E-state index in [1.165, 1.54) is 16.3 Å². The van der Waals surface area contributed by atoms with Gasteiger partial charge in [0.2, 0.25) is 0 Å². The molecule has 3 heterocycles. The first-order valence-corrected chi connectivity index (χ1v) is 20.7. The molecule has 1 fully saturated rings. The second kappa shape index (κ2) is 14.2. The van der Waals surface area contributed by atoms with Crippen molar-refractivity contribution in [3.8, 4) is 11.5 Å². The Morgan fingerprint density at radius 1 is 1.02 bits per heavy atom. The predicted molar refractivity (Wildman–Crippen MR) is 202 cm³/mol. The minimum Gasteiger partial charge on any atom is -0.497 e. The van der Waals surface area contributed by atoms with Gasteiger partial charge in [0.15, 0.2) is 12.2 Å². The molecule has 6 rings (SSSR count). The van der Waals surface area contributed by atoms with Crippen molar-refractivity contribution >= 4 is 42.1 Å². The molecule has 0 unspecified atom stereocenters. The third kappa shape index (κ3) is 6.20. The van der Waals surface area contributed by atoms with E-state index in [0.29, 0.717) is 30.1 Å². The molecule has 1 N–H and O–H groups in total. The highest BCUT2D eigenvalue weighted by Gasteiger charge is 2.66. The third-order valence-corrected chi connectivity index (χ3v) is 15.3. The normalized spacial score (nSPS) is 23.2. The fraction of sp³-hybridized carbons (Fsp3) is 0.415. The number of aliphatic hydroxyl groups excluding tert-OH is 1. The number of hydrogen-bond acceptors (Lipinski definition) is 6. The van der Waals surface area contributed by atoms with Crippen LogP contribution in [0.3, 0.4) is 0 Å². The Morgan fingerprint density at radius 3 is 2.46 bits per heavy atom. The molecule has 8 nitrogen and oxygen atoms in total. The summed E-state index contributed by atoms with van der Waals surface area (Å²) < 4.78 is 18.3. The molecule has 0 bridgehead atoms. The minimum absolute atomic E-state index is 0.00976. The van der Waals surface area contributed by atoms with Gasteiger partial charge >= 0.3 is 0 Å². The smallest absolute Gasteiger partial charge is 0.269 e. The average Bonchev–Trinajstić information content (AvgIpc) is 3.53. The van der Waals surface area contributed by atoms with Crippen molar-refractivity contribution in [2.75, 3.05) is 36.7 Å². The first-order chi connectivity index (χ1) is 23.9. The number of nitrogens with zero attached hydrogens (tertiary/aromatic N) is 2. The quantitative estimate of drug-likeness (QED) is 0.166. The summed E-state index contributed by atoms with van der Waals surface area (Å²) in [5.74, 6) is 0.936. The van der Waals surface area contributed by atoms with E-state index in [4.69, 9.17) is 14.2 Å². The number of fused-ring (bicyclic) bond motifs is 3. The highest BCUT2D eigenvalue weighted by Crippen LogP contribution is 2.60. The number of carbonyl (C=O) groups is 2. The highest BCUT2D eigenvalue weighted by molar-refractivity contribution is 6.91. The van der Waals surface area contributed by atoms with E-state index < -0.39 is 13.7 Å². The van der Waals surface area contributed by atoms with Gasteiger partial charge in [0, 0.05) is 30.3 Å². The fourth-order valence-corrected chi connectivity index (χ4v) is 12.4. The lowest BCUT2D eigenvalue weighted by Crippen LogP contribution is -2.52. The molecule has 3 aromatic rings. The third-order valence-electron chi connectivity index (χ3n) is 10.9. The van der Waals surface area contributed by atoms with Gasteiger partial charge in [-0.2, -0.15) is 0 Å². The van der Waals surface area contributed by atoms with Gasteiger partial charge in [0.05, 0.1) is 32.7 Å². The average molecular weight is 695 g/mol.